The van der Waals surface area contributed by atoms with E-state index in [1.807, 2.05) is 0 Å². The van der Waals surface area contributed by atoms with Crippen molar-refractivity contribution in [1.82, 2.24) is 10.2 Å². The highest BCUT2D eigenvalue weighted by Crippen LogP contribution is 2.27. The van der Waals surface area contributed by atoms with Crippen LogP contribution < -0.4 is 5.32 Å². The summed E-state index contributed by atoms with van der Waals surface area (Å²) < 4.78 is 0. The summed E-state index contributed by atoms with van der Waals surface area (Å²) in [5.41, 5.74) is 0. The van der Waals surface area contributed by atoms with Crippen molar-refractivity contribution in [3.63, 3.8) is 0 Å². The number of unbranched alkanes of at least 4 members (excludes halogenated alkanes) is 1. The van der Waals surface area contributed by atoms with Gasteiger partial charge in [0, 0.05) is 18.1 Å². The summed E-state index contributed by atoms with van der Waals surface area (Å²) >= 11 is 0. The Bertz CT molecular complexity index is 217. The fourth-order valence-corrected chi connectivity index (χ4v) is 3.56. The summed E-state index contributed by atoms with van der Waals surface area (Å²) in [6, 6.07) is 2.48. The van der Waals surface area contributed by atoms with Crippen LogP contribution in [0.4, 0.5) is 0 Å². The molecule has 3 atom stereocenters. The molecule has 2 fully saturated rings. The molecular formula is C15H30N2. The number of nitrogens with zero attached hydrogens (tertiary/aromatic N) is 1. The predicted octanol–water partition coefficient (Wildman–Crippen LogP) is 3.17. The standard InChI is InChI=1S/C15H30N2/c1-3-5-7-13(4-2)16-14-9-11-17-10-6-8-15(17)12-14/h13-16H,3-12H2,1-2H3. The number of rotatable bonds is 6. The van der Waals surface area contributed by atoms with Crippen molar-refractivity contribution in [2.45, 2.75) is 83.3 Å². The van der Waals surface area contributed by atoms with Crippen molar-refractivity contribution in [1.29, 1.82) is 0 Å². The minimum Gasteiger partial charge on any atom is -0.311 e. The Balaban J connectivity index is 1.74. The molecule has 0 bridgehead atoms. The number of hydrogen-bond acceptors (Lipinski definition) is 2. The lowest BCUT2D eigenvalue weighted by Gasteiger charge is -2.37. The highest BCUT2D eigenvalue weighted by molar-refractivity contribution is 4.90. The topological polar surface area (TPSA) is 15.3 Å². The SMILES string of the molecule is CCCCC(CC)NC1CCN2CCCC2C1. The van der Waals surface area contributed by atoms with Gasteiger partial charge in [-0.2, -0.15) is 0 Å². The number of hydrogen-bond donors (Lipinski definition) is 1. The Kier molecular flexibility index (Phi) is 5.30. The molecular weight excluding hydrogens is 208 g/mol. The normalized spacial score (nSPS) is 31.4. The van der Waals surface area contributed by atoms with Gasteiger partial charge in [0.1, 0.15) is 0 Å². The molecule has 0 aromatic heterocycles. The van der Waals surface area contributed by atoms with Gasteiger partial charge in [0.05, 0.1) is 0 Å². The summed E-state index contributed by atoms with van der Waals surface area (Å²) in [7, 11) is 0. The highest BCUT2D eigenvalue weighted by Gasteiger charge is 2.31. The molecule has 100 valence electrons. The molecule has 2 aliphatic heterocycles. The molecule has 2 saturated heterocycles. The maximum atomic E-state index is 3.93. The van der Waals surface area contributed by atoms with Crippen LogP contribution in [0.3, 0.4) is 0 Å². The summed E-state index contributed by atoms with van der Waals surface area (Å²) in [5, 5.41) is 3.93. The van der Waals surface area contributed by atoms with Crippen molar-refractivity contribution in [3.8, 4) is 0 Å². The lowest BCUT2D eigenvalue weighted by atomic mass is 9.95. The van der Waals surface area contributed by atoms with Gasteiger partial charge in [-0.05, 0) is 51.6 Å². The smallest absolute Gasteiger partial charge is 0.0111 e. The fourth-order valence-electron chi connectivity index (χ4n) is 3.56. The van der Waals surface area contributed by atoms with Gasteiger partial charge in [0.2, 0.25) is 0 Å². The third kappa shape index (κ3) is 3.69. The first-order chi connectivity index (χ1) is 8.33. The molecule has 0 aromatic rings. The number of fused-ring (bicyclic) bond motifs is 1. The van der Waals surface area contributed by atoms with Crippen molar-refractivity contribution >= 4 is 0 Å². The molecule has 2 heterocycles. The monoisotopic (exact) mass is 238 g/mol. The van der Waals surface area contributed by atoms with Crippen LogP contribution in [0, 0.1) is 0 Å². The van der Waals surface area contributed by atoms with Crippen LogP contribution in [0.25, 0.3) is 0 Å². The third-order valence-corrected chi connectivity index (χ3v) is 4.69. The Labute approximate surface area is 107 Å². The van der Waals surface area contributed by atoms with E-state index in [4.69, 9.17) is 0 Å². The van der Waals surface area contributed by atoms with Gasteiger partial charge in [0.25, 0.3) is 0 Å². The van der Waals surface area contributed by atoms with Crippen LogP contribution in [0.15, 0.2) is 0 Å². The Morgan fingerprint density at radius 2 is 2.12 bits per heavy atom. The zero-order valence-corrected chi connectivity index (χ0v) is 11.8. The molecule has 2 heteroatoms. The van der Waals surface area contributed by atoms with E-state index >= 15 is 0 Å². The summed E-state index contributed by atoms with van der Waals surface area (Å²) in [5.74, 6) is 0. The lowest BCUT2D eigenvalue weighted by molar-refractivity contribution is 0.159. The van der Waals surface area contributed by atoms with E-state index in [1.54, 1.807) is 0 Å². The first-order valence-electron chi connectivity index (χ1n) is 7.83. The quantitative estimate of drug-likeness (QED) is 0.764. The van der Waals surface area contributed by atoms with E-state index in [0.29, 0.717) is 0 Å². The third-order valence-electron chi connectivity index (χ3n) is 4.69. The molecule has 0 spiro atoms. The predicted molar refractivity (Wildman–Crippen MR) is 74.4 cm³/mol. The second-order valence-electron chi connectivity index (χ2n) is 5.97. The van der Waals surface area contributed by atoms with Crippen molar-refractivity contribution in [3.05, 3.63) is 0 Å². The molecule has 2 rings (SSSR count). The number of nitrogens with one attached hydrogen (secondary N) is 1. The molecule has 0 saturated carbocycles. The molecule has 2 aliphatic rings. The molecule has 3 unspecified atom stereocenters. The molecule has 0 aliphatic carbocycles. The van der Waals surface area contributed by atoms with Gasteiger partial charge in [-0.3, -0.25) is 0 Å². The largest absolute Gasteiger partial charge is 0.311 e. The van der Waals surface area contributed by atoms with E-state index in [0.717, 1.165) is 18.1 Å². The van der Waals surface area contributed by atoms with Crippen molar-refractivity contribution in [2.75, 3.05) is 13.1 Å². The minimum atomic E-state index is 0.771. The molecule has 0 amide bonds. The van der Waals surface area contributed by atoms with Gasteiger partial charge < -0.3 is 10.2 Å². The minimum absolute atomic E-state index is 0.771. The van der Waals surface area contributed by atoms with Crippen molar-refractivity contribution in [2.24, 2.45) is 0 Å². The second kappa shape index (κ2) is 6.75. The highest BCUT2D eigenvalue weighted by atomic mass is 15.2. The van der Waals surface area contributed by atoms with E-state index in [2.05, 4.69) is 24.1 Å². The zero-order valence-electron chi connectivity index (χ0n) is 11.8. The van der Waals surface area contributed by atoms with Crippen LogP contribution in [-0.2, 0) is 0 Å². The molecule has 0 radical (unpaired) electrons. The van der Waals surface area contributed by atoms with E-state index in [1.165, 1.54) is 64.5 Å². The molecule has 1 N–H and O–H groups in total. The molecule has 2 nitrogen and oxygen atoms in total. The van der Waals surface area contributed by atoms with Crippen LogP contribution in [0.5, 0.6) is 0 Å². The van der Waals surface area contributed by atoms with E-state index in [9.17, 15) is 0 Å². The van der Waals surface area contributed by atoms with E-state index in [-0.39, 0.29) is 0 Å². The van der Waals surface area contributed by atoms with Gasteiger partial charge in [-0.25, -0.2) is 0 Å². The maximum absolute atomic E-state index is 3.93. The maximum Gasteiger partial charge on any atom is 0.0111 e. The van der Waals surface area contributed by atoms with Crippen LogP contribution in [0.1, 0.15) is 65.2 Å². The van der Waals surface area contributed by atoms with Crippen LogP contribution in [-0.4, -0.2) is 36.1 Å². The summed E-state index contributed by atoms with van der Waals surface area (Å²) in [6.45, 7) is 7.33. The Morgan fingerprint density at radius 3 is 2.88 bits per heavy atom. The number of piperidine rings is 1. The summed E-state index contributed by atoms with van der Waals surface area (Å²) in [6.07, 6.45) is 11.0. The first-order valence-corrected chi connectivity index (χ1v) is 7.83. The van der Waals surface area contributed by atoms with Gasteiger partial charge in [0.15, 0.2) is 0 Å². The van der Waals surface area contributed by atoms with Crippen LogP contribution in [0.2, 0.25) is 0 Å². The van der Waals surface area contributed by atoms with Gasteiger partial charge in [-0.15, -0.1) is 0 Å². The Hall–Kier alpha value is -0.0800. The van der Waals surface area contributed by atoms with Crippen LogP contribution >= 0.6 is 0 Å². The fraction of sp³-hybridized carbons (Fsp3) is 1.00. The molecule has 0 aromatic carbocycles. The molecule has 17 heavy (non-hydrogen) atoms. The zero-order chi connectivity index (χ0) is 12.1. The average Bonchev–Trinajstić information content (AvgIpc) is 2.81. The van der Waals surface area contributed by atoms with Gasteiger partial charge >= 0.3 is 0 Å². The second-order valence-corrected chi connectivity index (χ2v) is 5.97. The Morgan fingerprint density at radius 1 is 1.24 bits per heavy atom. The average molecular weight is 238 g/mol. The van der Waals surface area contributed by atoms with Gasteiger partial charge in [-0.1, -0.05) is 26.7 Å². The summed E-state index contributed by atoms with van der Waals surface area (Å²) in [4.78, 5) is 2.71. The van der Waals surface area contributed by atoms with E-state index < -0.39 is 0 Å². The van der Waals surface area contributed by atoms with Crippen molar-refractivity contribution < 1.29 is 0 Å². The first kappa shape index (κ1) is 13.4. The lowest BCUT2D eigenvalue weighted by Crippen LogP contribution is -2.48.